The van der Waals surface area contributed by atoms with Crippen molar-refractivity contribution in [3.05, 3.63) is 54.1 Å². The number of anilines is 2. The van der Waals surface area contributed by atoms with Crippen LogP contribution in [0.2, 0.25) is 0 Å². The molecule has 1 aromatic heterocycles. The van der Waals surface area contributed by atoms with E-state index in [1.54, 1.807) is 12.1 Å². The molecule has 1 heterocycles. The Morgan fingerprint density at radius 2 is 1.91 bits per heavy atom. The molecule has 0 radical (unpaired) electrons. The van der Waals surface area contributed by atoms with Crippen LogP contribution in [-0.2, 0) is 21.2 Å². The van der Waals surface area contributed by atoms with Crippen LogP contribution in [0.15, 0.2) is 57.8 Å². The van der Waals surface area contributed by atoms with Crippen molar-refractivity contribution < 1.29 is 17.9 Å². The summed E-state index contributed by atoms with van der Waals surface area (Å²) >= 11 is 2.66. The largest absolute Gasteiger partial charge is 0.492 e. The third-order valence-corrected chi connectivity index (χ3v) is 7.05. The number of carbonyl (C=O) groups is 1. The first-order chi connectivity index (χ1) is 15.3. The van der Waals surface area contributed by atoms with Crippen LogP contribution >= 0.6 is 23.1 Å². The molecule has 3 aromatic rings. The number of primary sulfonamides is 1. The van der Waals surface area contributed by atoms with Gasteiger partial charge in [-0.3, -0.25) is 4.79 Å². The van der Waals surface area contributed by atoms with E-state index in [1.807, 2.05) is 31.2 Å². The molecule has 9 nitrogen and oxygen atoms in total. The third kappa shape index (κ3) is 7.19. The van der Waals surface area contributed by atoms with Crippen LogP contribution < -0.4 is 20.5 Å². The molecule has 0 fully saturated rings. The average Bonchev–Trinajstić information content (AvgIpc) is 3.21. The summed E-state index contributed by atoms with van der Waals surface area (Å²) in [6.07, 6.45) is 0.577. The summed E-state index contributed by atoms with van der Waals surface area (Å²) in [5, 5.41) is 19.9. The van der Waals surface area contributed by atoms with Gasteiger partial charge in [0.15, 0.2) is 4.34 Å². The third-order valence-electron chi connectivity index (χ3n) is 4.15. The molecule has 0 aliphatic carbocycles. The van der Waals surface area contributed by atoms with Crippen molar-refractivity contribution in [2.24, 2.45) is 5.14 Å². The topological polar surface area (TPSA) is 136 Å². The maximum absolute atomic E-state index is 12.1. The number of aromatic nitrogens is 2. The number of nitrogens with one attached hydrogen (secondary N) is 2. The monoisotopic (exact) mass is 493 g/mol. The smallest absolute Gasteiger partial charge is 0.238 e. The molecule has 4 N–H and O–H groups in total. The summed E-state index contributed by atoms with van der Waals surface area (Å²) in [5.74, 6) is 0.828. The molecule has 170 valence electrons. The SMILES string of the molecule is CCOc1ccccc1Nc1nnc(SCC(=O)NCCc2ccc(S(N)(=O)=O)cc2)s1. The van der Waals surface area contributed by atoms with Crippen molar-refractivity contribution in [1.82, 2.24) is 15.5 Å². The first-order valence-corrected chi connectivity index (χ1v) is 13.0. The normalized spacial score (nSPS) is 11.2. The maximum atomic E-state index is 12.1. The number of sulfonamides is 1. The second-order valence-corrected chi connectivity index (χ2v) is 10.3. The molecule has 0 unspecified atom stereocenters. The molecule has 12 heteroatoms. The Morgan fingerprint density at radius 3 is 2.62 bits per heavy atom. The molecule has 0 atom stereocenters. The van der Waals surface area contributed by atoms with Crippen molar-refractivity contribution in [2.45, 2.75) is 22.6 Å². The fraction of sp³-hybridized carbons (Fsp3) is 0.250. The van der Waals surface area contributed by atoms with E-state index in [2.05, 4.69) is 20.8 Å². The molecule has 0 saturated heterocycles. The molecular weight excluding hydrogens is 470 g/mol. The van der Waals surface area contributed by atoms with Gasteiger partial charge < -0.3 is 15.4 Å². The number of ether oxygens (including phenoxy) is 1. The minimum absolute atomic E-state index is 0.0639. The van der Waals surface area contributed by atoms with E-state index in [4.69, 9.17) is 9.88 Å². The van der Waals surface area contributed by atoms with Gasteiger partial charge in [-0.05, 0) is 43.2 Å². The van der Waals surface area contributed by atoms with Crippen molar-refractivity contribution in [2.75, 3.05) is 24.2 Å². The molecular formula is C20H23N5O4S3. The Bertz CT molecular complexity index is 1150. The van der Waals surface area contributed by atoms with Gasteiger partial charge in [-0.1, -0.05) is 47.4 Å². The number of amides is 1. The second kappa shape index (κ2) is 11.3. The number of hydrogen-bond acceptors (Lipinski definition) is 9. The van der Waals surface area contributed by atoms with Crippen LogP contribution in [0.1, 0.15) is 12.5 Å². The summed E-state index contributed by atoms with van der Waals surface area (Å²) in [6, 6.07) is 13.8. The van der Waals surface area contributed by atoms with Gasteiger partial charge in [-0.15, -0.1) is 10.2 Å². The second-order valence-electron chi connectivity index (χ2n) is 6.50. The summed E-state index contributed by atoms with van der Waals surface area (Å²) in [7, 11) is -3.70. The standard InChI is InChI=1S/C20H23N5O4S3/c1-2-29-17-6-4-3-5-16(17)23-19-24-25-20(31-19)30-13-18(26)22-12-11-14-7-9-15(10-8-14)32(21,27)28/h3-10H,2,11-13H2,1H3,(H,22,26)(H,23,24)(H2,21,27,28). The van der Waals surface area contributed by atoms with Gasteiger partial charge in [0.1, 0.15) is 5.75 Å². The minimum atomic E-state index is -3.70. The van der Waals surface area contributed by atoms with E-state index in [-0.39, 0.29) is 16.6 Å². The van der Waals surface area contributed by atoms with Gasteiger partial charge in [0.2, 0.25) is 21.1 Å². The number of nitrogens with two attached hydrogens (primary N) is 1. The highest BCUT2D eigenvalue weighted by molar-refractivity contribution is 8.01. The Hall–Kier alpha value is -2.67. The van der Waals surface area contributed by atoms with E-state index in [0.717, 1.165) is 17.0 Å². The highest BCUT2D eigenvalue weighted by Crippen LogP contribution is 2.31. The van der Waals surface area contributed by atoms with Crippen molar-refractivity contribution in [1.29, 1.82) is 0 Å². The van der Waals surface area contributed by atoms with Gasteiger partial charge in [0.25, 0.3) is 0 Å². The summed E-state index contributed by atoms with van der Waals surface area (Å²) < 4.78 is 28.8. The lowest BCUT2D eigenvalue weighted by molar-refractivity contribution is -0.118. The predicted octanol–water partition coefficient (Wildman–Crippen LogP) is 2.78. The van der Waals surface area contributed by atoms with Crippen LogP contribution in [-0.4, -0.2) is 43.4 Å². The summed E-state index contributed by atoms with van der Waals surface area (Å²) in [4.78, 5) is 12.2. The number of carbonyl (C=O) groups excluding carboxylic acids is 1. The Labute approximate surface area is 194 Å². The van der Waals surface area contributed by atoms with Crippen LogP contribution in [0, 0.1) is 0 Å². The zero-order valence-electron chi connectivity index (χ0n) is 17.3. The van der Waals surface area contributed by atoms with E-state index < -0.39 is 10.0 Å². The van der Waals surface area contributed by atoms with Crippen LogP contribution in [0.25, 0.3) is 0 Å². The van der Waals surface area contributed by atoms with Gasteiger partial charge in [-0.2, -0.15) is 0 Å². The molecule has 0 aliphatic rings. The predicted molar refractivity (Wildman–Crippen MR) is 126 cm³/mol. The fourth-order valence-corrected chi connectivity index (χ4v) is 4.77. The Kier molecular flexibility index (Phi) is 8.45. The molecule has 0 bridgehead atoms. The molecule has 0 saturated carbocycles. The van der Waals surface area contributed by atoms with E-state index >= 15 is 0 Å². The number of rotatable bonds is 11. The van der Waals surface area contributed by atoms with E-state index in [9.17, 15) is 13.2 Å². The molecule has 0 spiro atoms. The lowest BCUT2D eigenvalue weighted by atomic mass is 10.1. The number of benzene rings is 2. The molecule has 2 aromatic carbocycles. The average molecular weight is 494 g/mol. The number of thioether (sulfide) groups is 1. The maximum Gasteiger partial charge on any atom is 0.238 e. The fourth-order valence-electron chi connectivity index (χ4n) is 2.66. The first-order valence-electron chi connectivity index (χ1n) is 9.68. The van der Waals surface area contributed by atoms with Gasteiger partial charge in [0, 0.05) is 6.54 Å². The molecule has 3 rings (SSSR count). The minimum Gasteiger partial charge on any atom is -0.492 e. The van der Waals surface area contributed by atoms with Crippen LogP contribution in [0.3, 0.4) is 0 Å². The van der Waals surface area contributed by atoms with Crippen molar-refractivity contribution in [3.8, 4) is 5.75 Å². The van der Waals surface area contributed by atoms with E-state index in [1.165, 1.54) is 35.2 Å². The van der Waals surface area contributed by atoms with Gasteiger partial charge in [-0.25, -0.2) is 13.6 Å². The summed E-state index contributed by atoms with van der Waals surface area (Å²) in [5.41, 5.74) is 1.70. The highest BCUT2D eigenvalue weighted by Gasteiger charge is 2.11. The zero-order valence-corrected chi connectivity index (χ0v) is 19.7. The highest BCUT2D eigenvalue weighted by atomic mass is 32.2. The van der Waals surface area contributed by atoms with E-state index in [0.29, 0.717) is 29.0 Å². The lowest BCUT2D eigenvalue weighted by Crippen LogP contribution is -2.27. The van der Waals surface area contributed by atoms with Gasteiger partial charge >= 0.3 is 0 Å². The quantitative estimate of drug-likeness (QED) is 0.347. The summed E-state index contributed by atoms with van der Waals surface area (Å²) in [6.45, 7) is 2.92. The van der Waals surface area contributed by atoms with Crippen LogP contribution in [0.4, 0.5) is 10.8 Å². The Balaban J connectivity index is 1.42. The lowest BCUT2D eigenvalue weighted by Gasteiger charge is -2.09. The first kappa shape index (κ1) is 24.0. The zero-order chi connectivity index (χ0) is 23.0. The van der Waals surface area contributed by atoms with Crippen molar-refractivity contribution in [3.63, 3.8) is 0 Å². The molecule has 32 heavy (non-hydrogen) atoms. The Morgan fingerprint density at radius 1 is 1.16 bits per heavy atom. The number of para-hydroxylation sites is 2. The van der Waals surface area contributed by atoms with Crippen LogP contribution in [0.5, 0.6) is 5.75 Å². The van der Waals surface area contributed by atoms with Gasteiger partial charge in [0.05, 0.1) is 22.9 Å². The molecule has 1 amide bonds. The molecule has 0 aliphatic heterocycles. The van der Waals surface area contributed by atoms with Crippen molar-refractivity contribution >= 4 is 49.8 Å². The number of nitrogens with zero attached hydrogens (tertiary/aromatic N) is 2. The number of hydrogen-bond donors (Lipinski definition) is 3.